The summed E-state index contributed by atoms with van der Waals surface area (Å²) in [6.45, 7) is 9.32. The van der Waals surface area contributed by atoms with Gasteiger partial charge in [0.1, 0.15) is 0 Å². The van der Waals surface area contributed by atoms with E-state index in [1.54, 1.807) is 0 Å². The Morgan fingerprint density at radius 3 is 1.39 bits per heavy atom. The third-order valence-corrected chi connectivity index (χ3v) is 9.87. The quantitative estimate of drug-likeness (QED) is 0.187. The molecule has 1 aliphatic carbocycles. The SMILES string of the molecule is CC(C)c1ccc2c(c1)C(C)(C)c1cc(-c3ccc(-c4c5ccccc5c(-c5ccccc5)c5ccccc45)cc3)ccc1-2. The minimum Gasteiger partial charge on any atom is -0.0622 e. The van der Waals surface area contributed by atoms with E-state index in [2.05, 4.69) is 167 Å². The van der Waals surface area contributed by atoms with Crippen LogP contribution in [0.1, 0.15) is 50.3 Å². The molecule has 0 radical (unpaired) electrons. The normalized spacial score (nSPS) is 13.4. The van der Waals surface area contributed by atoms with E-state index >= 15 is 0 Å². The van der Waals surface area contributed by atoms with Crippen LogP contribution in [0.3, 0.4) is 0 Å². The zero-order chi connectivity index (χ0) is 30.0. The van der Waals surface area contributed by atoms with Crippen molar-refractivity contribution in [1.82, 2.24) is 0 Å². The van der Waals surface area contributed by atoms with Crippen LogP contribution in [0.25, 0.3) is 66.1 Å². The highest BCUT2D eigenvalue weighted by atomic mass is 14.4. The van der Waals surface area contributed by atoms with Crippen molar-refractivity contribution in [2.45, 2.75) is 39.0 Å². The molecule has 0 saturated heterocycles. The van der Waals surface area contributed by atoms with Gasteiger partial charge in [-0.05, 0) is 94.7 Å². The molecule has 1 aliphatic rings. The van der Waals surface area contributed by atoms with E-state index in [1.807, 2.05) is 0 Å². The zero-order valence-corrected chi connectivity index (χ0v) is 25.9. The van der Waals surface area contributed by atoms with Gasteiger partial charge in [-0.25, -0.2) is 0 Å². The smallest absolute Gasteiger partial charge is 0.0159 e. The van der Waals surface area contributed by atoms with Crippen molar-refractivity contribution in [3.05, 3.63) is 156 Å². The Kier molecular flexibility index (Phi) is 6.10. The Bertz CT molecular complexity index is 2140. The molecule has 0 amide bonds. The van der Waals surface area contributed by atoms with Crippen LogP contribution < -0.4 is 0 Å². The number of fused-ring (bicyclic) bond motifs is 5. The first-order valence-corrected chi connectivity index (χ1v) is 15.8. The highest BCUT2D eigenvalue weighted by Crippen LogP contribution is 2.50. The molecule has 0 heterocycles. The molecule has 8 rings (SSSR count). The van der Waals surface area contributed by atoms with Crippen molar-refractivity contribution in [3.63, 3.8) is 0 Å². The van der Waals surface area contributed by atoms with E-state index in [1.165, 1.54) is 82.7 Å². The van der Waals surface area contributed by atoms with Crippen LogP contribution in [0.2, 0.25) is 0 Å². The van der Waals surface area contributed by atoms with Gasteiger partial charge in [-0.2, -0.15) is 0 Å². The van der Waals surface area contributed by atoms with Gasteiger partial charge in [-0.15, -0.1) is 0 Å². The van der Waals surface area contributed by atoms with Gasteiger partial charge in [-0.1, -0.05) is 161 Å². The van der Waals surface area contributed by atoms with Crippen LogP contribution in [-0.2, 0) is 5.41 Å². The van der Waals surface area contributed by atoms with Gasteiger partial charge in [0, 0.05) is 5.41 Å². The maximum absolute atomic E-state index is 2.44. The standard InChI is InChI=1S/C44H36/c1-28(2)32-22-24-34-35-25-23-33(27-41(35)44(3,4)40(34)26-32)29-18-20-31(21-19-29)43-38-16-10-8-14-36(38)42(30-12-6-5-7-13-30)37-15-9-11-17-39(37)43/h5-28H,1-4H3. The van der Waals surface area contributed by atoms with Gasteiger partial charge in [0.2, 0.25) is 0 Å². The average molecular weight is 565 g/mol. The summed E-state index contributed by atoms with van der Waals surface area (Å²) < 4.78 is 0. The maximum Gasteiger partial charge on any atom is 0.0159 e. The summed E-state index contributed by atoms with van der Waals surface area (Å²) in [7, 11) is 0. The highest BCUT2D eigenvalue weighted by Gasteiger charge is 2.35. The molecule has 0 saturated carbocycles. The van der Waals surface area contributed by atoms with Gasteiger partial charge < -0.3 is 0 Å². The van der Waals surface area contributed by atoms with E-state index in [0.717, 1.165) is 0 Å². The lowest BCUT2D eigenvalue weighted by atomic mass is 9.80. The predicted octanol–water partition coefficient (Wildman–Crippen LogP) is 12.4. The van der Waals surface area contributed by atoms with Gasteiger partial charge in [-0.3, -0.25) is 0 Å². The molecule has 0 heteroatoms. The molecule has 7 aromatic carbocycles. The van der Waals surface area contributed by atoms with Crippen molar-refractivity contribution in [2.24, 2.45) is 0 Å². The number of rotatable bonds is 4. The molecule has 44 heavy (non-hydrogen) atoms. The van der Waals surface area contributed by atoms with Crippen molar-refractivity contribution >= 4 is 21.5 Å². The van der Waals surface area contributed by atoms with Crippen LogP contribution in [0.4, 0.5) is 0 Å². The predicted molar refractivity (Wildman–Crippen MR) is 189 cm³/mol. The van der Waals surface area contributed by atoms with Crippen LogP contribution in [0, 0.1) is 0 Å². The Hall–Kier alpha value is -4.94. The first kappa shape index (κ1) is 26.7. The Balaban J connectivity index is 1.24. The fourth-order valence-electron chi connectivity index (χ4n) is 7.48. The number of benzene rings is 7. The van der Waals surface area contributed by atoms with E-state index in [-0.39, 0.29) is 5.41 Å². The summed E-state index contributed by atoms with van der Waals surface area (Å²) in [5.41, 5.74) is 14.6. The van der Waals surface area contributed by atoms with Crippen LogP contribution in [0.5, 0.6) is 0 Å². The molecule has 0 bridgehead atoms. The molecule has 0 aromatic heterocycles. The Morgan fingerprint density at radius 1 is 0.409 bits per heavy atom. The average Bonchev–Trinajstić information content (AvgIpc) is 3.29. The summed E-state index contributed by atoms with van der Waals surface area (Å²) in [6.07, 6.45) is 0. The monoisotopic (exact) mass is 564 g/mol. The lowest BCUT2D eigenvalue weighted by Crippen LogP contribution is -2.15. The fourth-order valence-corrected chi connectivity index (χ4v) is 7.48. The Morgan fingerprint density at radius 2 is 0.841 bits per heavy atom. The Labute approximate surface area is 260 Å². The molecule has 0 fully saturated rings. The lowest BCUT2D eigenvalue weighted by Gasteiger charge is -2.23. The first-order valence-electron chi connectivity index (χ1n) is 15.8. The van der Waals surface area contributed by atoms with E-state index in [4.69, 9.17) is 0 Å². The molecular weight excluding hydrogens is 528 g/mol. The van der Waals surface area contributed by atoms with Crippen LogP contribution >= 0.6 is 0 Å². The fraction of sp³-hybridized carbons (Fsp3) is 0.136. The number of hydrogen-bond acceptors (Lipinski definition) is 0. The van der Waals surface area contributed by atoms with Gasteiger partial charge in [0.15, 0.2) is 0 Å². The van der Waals surface area contributed by atoms with Crippen molar-refractivity contribution in [1.29, 1.82) is 0 Å². The van der Waals surface area contributed by atoms with Gasteiger partial charge in [0.05, 0.1) is 0 Å². The summed E-state index contributed by atoms with van der Waals surface area (Å²) in [4.78, 5) is 0. The van der Waals surface area contributed by atoms with Crippen molar-refractivity contribution in [2.75, 3.05) is 0 Å². The molecule has 0 aliphatic heterocycles. The largest absolute Gasteiger partial charge is 0.0622 e. The molecule has 0 nitrogen and oxygen atoms in total. The van der Waals surface area contributed by atoms with Gasteiger partial charge in [0.25, 0.3) is 0 Å². The second kappa shape index (κ2) is 10.1. The summed E-state index contributed by atoms with van der Waals surface area (Å²) >= 11 is 0. The van der Waals surface area contributed by atoms with E-state index in [0.29, 0.717) is 5.92 Å². The maximum atomic E-state index is 2.44. The molecule has 0 N–H and O–H groups in total. The molecule has 0 unspecified atom stereocenters. The summed E-state index contributed by atoms with van der Waals surface area (Å²) in [6, 6.07) is 51.9. The lowest BCUT2D eigenvalue weighted by molar-refractivity contribution is 0.658. The molecule has 0 atom stereocenters. The zero-order valence-electron chi connectivity index (χ0n) is 25.9. The molecule has 0 spiro atoms. The third kappa shape index (κ3) is 4.05. The summed E-state index contributed by atoms with van der Waals surface area (Å²) in [5, 5.41) is 5.15. The topological polar surface area (TPSA) is 0 Å². The van der Waals surface area contributed by atoms with Crippen molar-refractivity contribution in [3.8, 4) is 44.5 Å². The molecular formula is C44H36. The van der Waals surface area contributed by atoms with E-state index < -0.39 is 0 Å². The van der Waals surface area contributed by atoms with Crippen molar-refractivity contribution < 1.29 is 0 Å². The molecule has 212 valence electrons. The van der Waals surface area contributed by atoms with Crippen LogP contribution in [0.15, 0.2) is 140 Å². The second-order valence-electron chi connectivity index (χ2n) is 13.1. The van der Waals surface area contributed by atoms with Crippen LogP contribution in [-0.4, -0.2) is 0 Å². The second-order valence-corrected chi connectivity index (χ2v) is 13.1. The minimum absolute atomic E-state index is 0.0240. The van der Waals surface area contributed by atoms with E-state index in [9.17, 15) is 0 Å². The summed E-state index contributed by atoms with van der Waals surface area (Å²) in [5.74, 6) is 0.526. The minimum atomic E-state index is -0.0240. The van der Waals surface area contributed by atoms with Gasteiger partial charge >= 0.3 is 0 Å². The first-order chi connectivity index (χ1) is 21.4. The third-order valence-electron chi connectivity index (χ3n) is 9.87. The molecule has 7 aromatic rings. The number of hydrogen-bond donors (Lipinski definition) is 0. The highest BCUT2D eigenvalue weighted by molar-refractivity contribution is 6.21.